The van der Waals surface area contributed by atoms with Crippen LogP contribution in [-0.4, -0.2) is 73.9 Å². The van der Waals surface area contributed by atoms with E-state index in [4.69, 9.17) is 4.74 Å². The molecule has 7 nitrogen and oxygen atoms in total. The Bertz CT molecular complexity index is 723. The predicted octanol–water partition coefficient (Wildman–Crippen LogP) is 0.680. The largest absolute Gasteiger partial charge is 0.442 e. The Morgan fingerprint density at radius 2 is 1.92 bits per heavy atom. The Kier molecular flexibility index (Phi) is 4.50. The molecule has 2 saturated heterocycles. The first-order valence-corrected chi connectivity index (χ1v) is 9.08. The molecule has 0 unspecified atom stereocenters. The Morgan fingerprint density at radius 3 is 2.54 bits per heavy atom. The second-order valence-corrected chi connectivity index (χ2v) is 8.31. The van der Waals surface area contributed by atoms with E-state index in [1.807, 2.05) is 0 Å². The summed E-state index contributed by atoms with van der Waals surface area (Å²) in [5, 5.41) is 0. The highest BCUT2D eigenvalue weighted by Crippen LogP contribution is 2.29. The number of rotatable bonds is 5. The first-order valence-electron chi connectivity index (χ1n) is 7.68. The van der Waals surface area contributed by atoms with Crippen molar-refractivity contribution in [1.82, 2.24) is 13.5 Å². The molecule has 2 heterocycles. The summed E-state index contributed by atoms with van der Waals surface area (Å²) in [6.45, 7) is 0.797. The van der Waals surface area contributed by atoms with E-state index in [9.17, 15) is 17.6 Å². The van der Waals surface area contributed by atoms with Crippen LogP contribution in [0.4, 0.5) is 9.18 Å². The van der Waals surface area contributed by atoms with Crippen LogP contribution in [-0.2, 0) is 21.4 Å². The third-order valence-electron chi connectivity index (χ3n) is 4.43. The molecule has 132 valence electrons. The number of carbonyl (C=O) groups excluding carboxylic acids is 1. The Balaban J connectivity index is 1.67. The fourth-order valence-electron chi connectivity index (χ4n) is 3.05. The summed E-state index contributed by atoms with van der Waals surface area (Å²) in [4.78, 5) is 13.6. The number of hydrogen-bond donors (Lipinski definition) is 0. The van der Waals surface area contributed by atoms with Gasteiger partial charge < -0.3 is 4.74 Å². The smallest absolute Gasteiger partial charge is 0.410 e. The molecule has 0 N–H and O–H groups in total. The zero-order valence-corrected chi connectivity index (χ0v) is 14.4. The number of carbonyl (C=O) groups is 1. The molecule has 0 radical (unpaired) electrons. The topological polar surface area (TPSA) is 70.2 Å². The van der Waals surface area contributed by atoms with E-state index in [0.29, 0.717) is 13.0 Å². The molecular formula is C15H20FN3O4S. The molecule has 0 spiro atoms. The van der Waals surface area contributed by atoms with Crippen LogP contribution in [0.25, 0.3) is 0 Å². The van der Waals surface area contributed by atoms with Gasteiger partial charge in [0, 0.05) is 27.2 Å². The van der Waals surface area contributed by atoms with Crippen molar-refractivity contribution in [3.63, 3.8) is 0 Å². The minimum atomic E-state index is -3.52. The third-order valence-corrected chi connectivity index (χ3v) is 6.31. The highest BCUT2D eigenvalue weighted by Gasteiger charge is 2.50. The van der Waals surface area contributed by atoms with Crippen molar-refractivity contribution in [2.75, 3.05) is 33.7 Å². The lowest BCUT2D eigenvalue weighted by atomic mass is 10.1. The average Bonchev–Trinajstić information content (AvgIpc) is 3.05. The maximum atomic E-state index is 12.9. The lowest BCUT2D eigenvalue weighted by Crippen LogP contribution is -2.43. The Morgan fingerprint density at radius 1 is 1.25 bits per heavy atom. The van der Waals surface area contributed by atoms with Crippen LogP contribution in [0.5, 0.6) is 0 Å². The zero-order valence-electron chi connectivity index (χ0n) is 13.6. The number of halogens is 1. The molecule has 2 aliphatic rings. The molecule has 24 heavy (non-hydrogen) atoms. The molecule has 0 aromatic heterocycles. The van der Waals surface area contributed by atoms with Gasteiger partial charge in [0.2, 0.25) is 0 Å². The van der Waals surface area contributed by atoms with Gasteiger partial charge in [0.25, 0.3) is 10.2 Å². The molecule has 3 rings (SSSR count). The third kappa shape index (κ3) is 3.11. The molecule has 2 fully saturated rings. The second-order valence-electron chi connectivity index (χ2n) is 6.17. The number of nitrogens with zero attached hydrogens (tertiary/aromatic N) is 3. The van der Waals surface area contributed by atoms with E-state index < -0.39 is 22.4 Å². The summed E-state index contributed by atoms with van der Waals surface area (Å²) < 4.78 is 45.2. The minimum absolute atomic E-state index is 0.171. The number of hydrogen-bond acceptors (Lipinski definition) is 4. The summed E-state index contributed by atoms with van der Waals surface area (Å²) in [7, 11) is -0.576. The molecule has 2 aliphatic heterocycles. The molecule has 0 aliphatic carbocycles. The molecule has 9 heteroatoms. The predicted molar refractivity (Wildman–Crippen MR) is 85.0 cm³/mol. The van der Waals surface area contributed by atoms with Gasteiger partial charge in [0.1, 0.15) is 11.9 Å². The summed E-state index contributed by atoms with van der Waals surface area (Å²) in [6, 6.07) is 5.81. The van der Waals surface area contributed by atoms with E-state index in [-0.39, 0.29) is 24.9 Å². The van der Waals surface area contributed by atoms with Crippen LogP contribution in [0, 0.1) is 5.82 Å². The van der Waals surface area contributed by atoms with Crippen molar-refractivity contribution >= 4 is 16.3 Å². The van der Waals surface area contributed by atoms with Gasteiger partial charge in [-0.3, -0.25) is 4.90 Å². The number of amides is 1. The first kappa shape index (κ1) is 17.1. The summed E-state index contributed by atoms with van der Waals surface area (Å²) in [5.41, 5.74) is 0.906. The van der Waals surface area contributed by atoms with E-state index >= 15 is 0 Å². The molecule has 2 atom stereocenters. The number of ether oxygens (including phenoxy) is 1. The zero-order chi connectivity index (χ0) is 17.5. The maximum absolute atomic E-state index is 12.9. The summed E-state index contributed by atoms with van der Waals surface area (Å²) in [5.74, 6) is -0.306. The highest BCUT2D eigenvalue weighted by atomic mass is 32.2. The van der Waals surface area contributed by atoms with E-state index in [1.54, 1.807) is 17.0 Å². The molecule has 0 bridgehead atoms. The van der Waals surface area contributed by atoms with Crippen molar-refractivity contribution < 1.29 is 22.3 Å². The van der Waals surface area contributed by atoms with Gasteiger partial charge in [0.05, 0.1) is 12.6 Å². The van der Waals surface area contributed by atoms with Crippen molar-refractivity contribution in [3.05, 3.63) is 35.6 Å². The van der Waals surface area contributed by atoms with Gasteiger partial charge in [-0.25, -0.2) is 9.18 Å². The van der Waals surface area contributed by atoms with Crippen LogP contribution >= 0.6 is 0 Å². The maximum Gasteiger partial charge on any atom is 0.410 e. The Hall–Kier alpha value is -1.71. The van der Waals surface area contributed by atoms with E-state index in [1.165, 1.54) is 30.5 Å². The fourth-order valence-corrected chi connectivity index (χ4v) is 4.19. The lowest BCUT2D eigenvalue weighted by molar-refractivity contribution is 0.129. The van der Waals surface area contributed by atoms with Gasteiger partial charge in [-0.05, 0) is 24.1 Å². The molecule has 1 amide bonds. The standard InChI is InChI=1S/C15H20FN3O4S/c1-17(2)24(21,22)18-9-13-14(10-18)23-15(20)19(13)8-7-11-3-5-12(16)6-4-11/h3-6,13-14H,7-10H2,1-2H3/t13-,14+/m0/s1. The van der Waals surface area contributed by atoms with Gasteiger partial charge in [-0.15, -0.1) is 0 Å². The van der Waals surface area contributed by atoms with Crippen LogP contribution in [0.2, 0.25) is 0 Å². The number of benzene rings is 1. The van der Waals surface area contributed by atoms with Crippen LogP contribution in [0.1, 0.15) is 5.56 Å². The van der Waals surface area contributed by atoms with Gasteiger partial charge >= 0.3 is 6.09 Å². The second kappa shape index (κ2) is 6.30. The molecule has 0 saturated carbocycles. The summed E-state index contributed by atoms with van der Waals surface area (Å²) in [6.07, 6.45) is -0.312. The molecular weight excluding hydrogens is 337 g/mol. The summed E-state index contributed by atoms with van der Waals surface area (Å²) >= 11 is 0. The van der Waals surface area contributed by atoms with Gasteiger partial charge in [0.15, 0.2) is 0 Å². The first-order chi connectivity index (χ1) is 11.3. The van der Waals surface area contributed by atoms with Crippen LogP contribution in [0.3, 0.4) is 0 Å². The lowest BCUT2D eigenvalue weighted by Gasteiger charge is -2.24. The average molecular weight is 357 g/mol. The van der Waals surface area contributed by atoms with Crippen molar-refractivity contribution in [2.45, 2.75) is 18.6 Å². The molecule has 1 aromatic carbocycles. The normalized spacial score (nSPS) is 24.5. The number of fused-ring (bicyclic) bond motifs is 1. The van der Waals surface area contributed by atoms with Crippen LogP contribution in [0.15, 0.2) is 24.3 Å². The van der Waals surface area contributed by atoms with Gasteiger partial charge in [-0.1, -0.05) is 12.1 Å². The van der Waals surface area contributed by atoms with E-state index in [2.05, 4.69) is 0 Å². The SMILES string of the molecule is CN(C)S(=O)(=O)N1C[C@H]2OC(=O)N(CCc3ccc(F)cc3)[C@H]2C1. The molecule has 1 aromatic rings. The monoisotopic (exact) mass is 357 g/mol. The Labute approximate surface area is 140 Å². The fraction of sp³-hybridized carbons (Fsp3) is 0.533. The van der Waals surface area contributed by atoms with Crippen molar-refractivity contribution in [1.29, 1.82) is 0 Å². The van der Waals surface area contributed by atoms with Gasteiger partial charge in [-0.2, -0.15) is 17.0 Å². The van der Waals surface area contributed by atoms with Crippen molar-refractivity contribution in [3.8, 4) is 0 Å². The highest BCUT2D eigenvalue weighted by molar-refractivity contribution is 7.86. The minimum Gasteiger partial charge on any atom is -0.442 e. The van der Waals surface area contributed by atoms with Crippen LogP contribution < -0.4 is 0 Å². The van der Waals surface area contributed by atoms with Crippen molar-refractivity contribution in [2.24, 2.45) is 0 Å². The van der Waals surface area contributed by atoms with E-state index in [0.717, 1.165) is 9.87 Å². The quantitative estimate of drug-likeness (QED) is 0.777.